The maximum atomic E-state index is 12.2. The summed E-state index contributed by atoms with van der Waals surface area (Å²) >= 11 is 0. The van der Waals surface area contributed by atoms with E-state index in [4.69, 9.17) is 4.98 Å². The van der Waals surface area contributed by atoms with E-state index >= 15 is 0 Å². The maximum absolute atomic E-state index is 12.2. The lowest BCUT2D eigenvalue weighted by Gasteiger charge is -2.08. The molecule has 0 aliphatic heterocycles. The average Bonchev–Trinajstić information content (AvgIpc) is 3.60. The molecule has 0 radical (unpaired) electrons. The van der Waals surface area contributed by atoms with E-state index in [1.165, 1.54) is 0 Å². The Morgan fingerprint density at radius 1 is 1.14 bits per heavy atom. The van der Waals surface area contributed by atoms with Crippen LogP contribution in [0.25, 0.3) is 50.5 Å². The van der Waals surface area contributed by atoms with Gasteiger partial charge in [0.15, 0.2) is 11.5 Å². The number of carbonyl (C=O) groups excluding carboxylic acids is 1. The van der Waals surface area contributed by atoms with E-state index in [0.717, 1.165) is 33.4 Å². The molecule has 0 bridgehead atoms. The first-order chi connectivity index (χ1) is 17.9. The average molecular weight is 493 g/mol. The van der Waals surface area contributed by atoms with Crippen molar-refractivity contribution in [1.29, 1.82) is 0 Å². The number of amides is 1. The number of nitrogens with one attached hydrogen (secondary N) is 3. The first kappa shape index (κ1) is 22.5. The normalized spacial score (nSPS) is 11.6. The van der Waals surface area contributed by atoms with Gasteiger partial charge in [-0.05, 0) is 31.0 Å². The van der Waals surface area contributed by atoms with Crippen LogP contribution in [0.4, 0.5) is 5.69 Å². The van der Waals surface area contributed by atoms with Gasteiger partial charge in [0.05, 0.1) is 47.0 Å². The monoisotopic (exact) mass is 492 g/mol. The molecular weight excluding hydrogens is 468 g/mol. The van der Waals surface area contributed by atoms with Gasteiger partial charge in [-0.15, -0.1) is 0 Å². The number of imidazole rings is 2. The van der Waals surface area contributed by atoms with Crippen LogP contribution < -0.4 is 5.32 Å². The second-order valence-corrected chi connectivity index (χ2v) is 9.33. The molecule has 0 saturated carbocycles. The van der Waals surface area contributed by atoms with Crippen LogP contribution in [0.1, 0.15) is 26.0 Å². The number of hydrogen-bond donors (Lipinski definition) is 3. The van der Waals surface area contributed by atoms with Crippen LogP contribution >= 0.6 is 0 Å². The number of H-pyrrole nitrogens is 2. The molecule has 11 nitrogen and oxygen atoms in total. The third-order valence-electron chi connectivity index (χ3n) is 5.94. The number of nitrogens with zero attached hydrogens (tertiary/aromatic N) is 7. The van der Waals surface area contributed by atoms with Gasteiger partial charge in [0.25, 0.3) is 0 Å². The minimum Gasteiger partial charge on any atom is -0.333 e. The highest BCUT2D eigenvalue weighted by atomic mass is 16.1. The molecule has 37 heavy (non-hydrogen) atoms. The minimum absolute atomic E-state index is 0.0433. The molecule has 0 aliphatic rings. The molecule has 6 heterocycles. The Balaban J connectivity index is 1.38. The van der Waals surface area contributed by atoms with Crippen LogP contribution in [0.2, 0.25) is 0 Å². The van der Waals surface area contributed by atoms with Gasteiger partial charge < -0.3 is 14.9 Å². The standard InChI is InChI=1S/C26H24N10O/c1-14(2)6-22(37)31-17-7-16(9-27-10-17)19-8-18-20(11-29-19)34-35-23(18)26-32-24-21(4-5-28-25(24)33-26)36-12-15(3)30-13-36/h4-5,7-14H,6H2,1-3H3,(H,31,37)(H,34,35)(H,28,32,33). The number of fused-ring (bicyclic) bond motifs is 2. The smallest absolute Gasteiger partial charge is 0.224 e. The SMILES string of the molecule is Cc1cn(-c2ccnc3nc(-c4n[nH]c5cnc(-c6cncc(NC(=O)CC(C)C)c6)cc45)[nH]c23)cn1. The summed E-state index contributed by atoms with van der Waals surface area (Å²) in [5.74, 6) is 0.814. The molecular formula is C26H24N10O. The molecule has 11 heteroatoms. The highest BCUT2D eigenvalue weighted by molar-refractivity contribution is 5.95. The number of hydrogen-bond acceptors (Lipinski definition) is 7. The zero-order valence-corrected chi connectivity index (χ0v) is 20.5. The third-order valence-corrected chi connectivity index (χ3v) is 5.94. The molecule has 6 rings (SSSR count). The van der Waals surface area contributed by atoms with Crippen LogP contribution in [0.15, 0.2) is 55.5 Å². The first-order valence-electron chi connectivity index (χ1n) is 11.9. The number of pyridine rings is 3. The second kappa shape index (κ2) is 8.94. The summed E-state index contributed by atoms with van der Waals surface area (Å²) in [6.07, 6.45) is 11.0. The highest BCUT2D eigenvalue weighted by Gasteiger charge is 2.17. The maximum Gasteiger partial charge on any atom is 0.224 e. The van der Waals surface area contributed by atoms with Crippen molar-refractivity contribution in [3.8, 4) is 28.5 Å². The number of aromatic nitrogens is 9. The van der Waals surface area contributed by atoms with E-state index in [-0.39, 0.29) is 11.8 Å². The van der Waals surface area contributed by atoms with Crippen LogP contribution in [0.3, 0.4) is 0 Å². The largest absolute Gasteiger partial charge is 0.333 e. The molecule has 0 aliphatic carbocycles. The predicted molar refractivity (Wildman–Crippen MR) is 140 cm³/mol. The summed E-state index contributed by atoms with van der Waals surface area (Å²) in [5, 5.41) is 11.3. The summed E-state index contributed by atoms with van der Waals surface area (Å²) in [6.45, 7) is 5.96. The molecule has 3 N–H and O–H groups in total. The number of carbonyl (C=O) groups is 1. The summed E-state index contributed by atoms with van der Waals surface area (Å²) in [7, 11) is 0. The van der Waals surface area contributed by atoms with Crippen molar-refractivity contribution in [3.63, 3.8) is 0 Å². The van der Waals surface area contributed by atoms with Crippen molar-refractivity contribution in [2.45, 2.75) is 27.2 Å². The van der Waals surface area contributed by atoms with Crippen molar-refractivity contribution < 1.29 is 4.79 Å². The van der Waals surface area contributed by atoms with Crippen molar-refractivity contribution >= 4 is 33.7 Å². The van der Waals surface area contributed by atoms with Gasteiger partial charge in [0.1, 0.15) is 11.2 Å². The molecule has 0 unspecified atom stereocenters. The lowest BCUT2D eigenvalue weighted by Crippen LogP contribution is -2.13. The van der Waals surface area contributed by atoms with Gasteiger partial charge in [-0.25, -0.2) is 15.0 Å². The van der Waals surface area contributed by atoms with Crippen LogP contribution in [0, 0.1) is 12.8 Å². The van der Waals surface area contributed by atoms with Gasteiger partial charge in [-0.1, -0.05) is 13.8 Å². The van der Waals surface area contributed by atoms with E-state index in [1.807, 2.05) is 49.7 Å². The highest BCUT2D eigenvalue weighted by Crippen LogP contribution is 2.30. The van der Waals surface area contributed by atoms with Crippen LogP contribution in [-0.4, -0.2) is 50.6 Å². The fraction of sp³-hybridized carbons (Fsp3) is 0.192. The van der Waals surface area contributed by atoms with Gasteiger partial charge >= 0.3 is 0 Å². The Bertz CT molecular complexity index is 1760. The molecule has 0 saturated heterocycles. The lowest BCUT2D eigenvalue weighted by atomic mass is 10.1. The first-order valence-corrected chi connectivity index (χ1v) is 11.9. The summed E-state index contributed by atoms with van der Waals surface area (Å²) in [4.78, 5) is 37.9. The second-order valence-electron chi connectivity index (χ2n) is 9.33. The van der Waals surface area contributed by atoms with E-state index in [1.54, 1.807) is 31.1 Å². The van der Waals surface area contributed by atoms with E-state index in [9.17, 15) is 4.79 Å². The van der Waals surface area contributed by atoms with Gasteiger partial charge in [0.2, 0.25) is 5.91 Å². The zero-order valence-electron chi connectivity index (χ0n) is 20.5. The van der Waals surface area contributed by atoms with Crippen molar-refractivity contribution in [3.05, 3.63) is 61.2 Å². The van der Waals surface area contributed by atoms with Crippen molar-refractivity contribution in [1.82, 2.24) is 44.7 Å². The van der Waals surface area contributed by atoms with E-state index in [2.05, 4.69) is 40.4 Å². The fourth-order valence-corrected chi connectivity index (χ4v) is 4.26. The molecule has 0 aromatic carbocycles. The van der Waals surface area contributed by atoms with Crippen molar-refractivity contribution in [2.24, 2.45) is 5.92 Å². The Kier molecular flexibility index (Phi) is 5.44. The van der Waals surface area contributed by atoms with Crippen molar-refractivity contribution in [2.75, 3.05) is 5.32 Å². The molecule has 184 valence electrons. The molecule has 0 fully saturated rings. The molecule has 0 atom stereocenters. The third kappa shape index (κ3) is 4.31. The summed E-state index contributed by atoms with van der Waals surface area (Å²) < 4.78 is 1.94. The van der Waals surface area contributed by atoms with E-state index in [0.29, 0.717) is 35.0 Å². The summed E-state index contributed by atoms with van der Waals surface area (Å²) in [5.41, 5.74) is 6.71. The Labute approximate surface area is 211 Å². The Morgan fingerprint density at radius 2 is 2.03 bits per heavy atom. The number of anilines is 1. The number of rotatable bonds is 6. The number of aromatic amines is 2. The minimum atomic E-state index is -0.0433. The summed E-state index contributed by atoms with van der Waals surface area (Å²) in [6, 6.07) is 5.71. The van der Waals surface area contributed by atoms with Gasteiger partial charge in [0, 0.05) is 36.0 Å². The quantitative estimate of drug-likeness (QED) is 0.312. The zero-order chi connectivity index (χ0) is 25.5. The fourth-order valence-electron chi connectivity index (χ4n) is 4.26. The number of aryl methyl sites for hydroxylation is 1. The Hall–Kier alpha value is -4.93. The lowest BCUT2D eigenvalue weighted by molar-refractivity contribution is -0.116. The van der Waals surface area contributed by atoms with E-state index < -0.39 is 0 Å². The topological polar surface area (TPSA) is 143 Å². The van der Waals surface area contributed by atoms with Gasteiger partial charge in [-0.2, -0.15) is 5.10 Å². The molecule has 6 aromatic heterocycles. The van der Waals surface area contributed by atoms with Crippen LogP contribution in [0.5, 0.6) is 0 Å². The predicted octanol–water partition coefficient (Wildman–Crippen LogP) is 4.44. The van der Waals surface area contributed by atoms with Crippen LogP contribution in [-0.2, 0) is 4.79 Å². The molecule has 6 aromatic rings. The Morgan fingerprint density at radius 3 is 2.84 bits per heavy atom. The van der Waals surface area contributed by atoms with Gasteiger partial charge in [-0.3, -0.25) is 19.9 Å². The molecule has 0 spiro atoms. The molecule has 1 amide bonds.